The third-order valence-corrected chi connectivity index (χ3v) is 8.12. The Morgan fingerprint density at radius 2 is 1.93 bits per heavy atom. The summed E-state index contributed by atoms with van der Waals surface area (Å²) in [6.07, 6.45) is 3.06. The molecule has 224 valence electrons. The molecule has 3 aliphatic rings. The summed E-state index contributed by atoms with van der Waals surface area (Å²) in [5.74, 6) is 0.713. The second kappa shape index (κ2) is 11.9. The van der Waals surface area contributed by atoms with Crippen molar-refractivity contribution in [1.29, 1.82) is 0 Å². The third kappa shape index (κ3) is 5.98. The first-order valence-electron chi connectivity index (χ1n) is 14.0. The van der Waals surface area contributed by atoms with E-state index in [2.05, 4.69) is 10.6 Å². The third-order valence-electron chi connectivity index (χ3n) is 8.12. The van der Waals surface area contributed by atoms with E-state index in [1.165, 1.54) is 12.0 Å². The molecular weight excluding hydrogens is 544 g/mol. The van der Waals surface area contributed by atoms with E-state index in [1.807, 2.05) is 0 Å². The van der Waals surface area contributed by atoms with Crippen LogP contribution in [0, 0.1) is 5.92 Å². The van der Waals surface area contributed by atoms with Gasteiger partial charge in [0, 0.05) is 19.1 Å². The lowest BCUT2D eigenvalue weighted by Gasteiger charge is -2.29. The quantitative estimate of drug-likeness (QED) is 0.226. The van der Waals surface area contributed by atoms with Crippen LogP contribution in [-0.4, -0.2) is 71.3 Å². The van der Waals surface area contributed by atoms with Gasteiger partial charge in [0.25, 0.3) is 5.91 Å². The fourth-order valence-corrected chi connectivity index (χ4v) is 5.56. The number of carboxylic acids is 1. The minimum atomic E-state index is -1.11. The van der Waals surface area contributed by atoms with Crippen molar-refractivity contribution < 1.29 is 38.5 Å². The van der Waals surface area contributed by atoms with Crippen LogP contribution >= 0.6 is 0 Å². The van der Waals surface area contributed by atoms with Crippen molar-refractivity contribution in [3.63, 3.8) is 0 Å². The molecule has 2 aliphatic heterocycles. The van der Waals surface area contributed by atoms with E-state index in [0.29, 0.717) is 47.2 Å². The molecule has 2 heterocycles. The normalized spacial score (nSPS) is 18.6. The van der Waals surface area contributed by atoms with Gasteiger partial charge < -0.3 is 34.9 Å². The molecule has 42 heavy (non-hydrogen) atoms. The zero-order valence-corrected chi connectivity index (χ0v) is 23.9. The van der Waals surface area contributed by atoms with Crippen LogP contribution in [0.15, 0.2) is 36.4 Å². The lowest BCUT2D eigenvalue weighted by atomic mass is 10.00. The van der Waals surface area contributed by atoms with Gasteiger partial charge in [0.1, 0.15) is 11.3 Å². The Labute approximate surface area is 243 Å². The summed E-state index contributed by atoms with van der Waals surface area (Å²) >= 11 is 0. The van der Waals surface area contributed by atoms with Crippen molar-refractivity contribution in [2.24, 2.45) is 5.92 Å². The number of carboxylic acid groups (broad SMARTS) is 1. The number of amides is 4. The second-order valence-electron chi connectivity index (χ2n) is 11.4. The van der Waals surface area contributed by atoms with E-state index in [4.69, 9.17) is 14.2 Å². The number of nitrogens with zero attached hydrogens (tertiary/aromatic N) is 2. The van der Waals surface area contributed by atoms with E-state index >= 15 is 0 Å². The number of carbonyl (C=O) groups excluding carboxylic acids is 3. The van der Waals surface area contributed by atoms with Crippen LogP contribution in [0.25, 0.3) is 0 Å². The number of fused-ring (bicyclic) bond motifs is 1. The average molecular weight is 581 g/mol. The van der Waals surface area contributed by atoms with E-state index in [0.717, 1.165) is 18.4 Å². The second-order valence-corrected chi connectivity index (χ2v) is 11.4. The summed E-state index contributed by atoms with van der Waals surface area (Å²) in [6.45, 7) is 3.97. The van der Waals surface area contributed by atoms with E-state index < -0.39 is 29.6 Å². The number of hydrogen-bond donors (Lipinski definition) is 3. The summed E-state index contributed by atoms with van der Waals surface area (Å²) in [7, 11) is 1.49. The van der Waals surface area contributed by atoms with Crippen molar-refractivity contribution >= 4 is 30.0 Å². The zero-order valence-electron chi connectivity index (χ0n) is 23.9. The Hall–Kier alpha value is -4.32. The maximum atomic E-state index is 13.9. The van der Waals surface area contributed by atoms with Crippen LogP contribution < -0.4 is 24.8 Å². The minimum absolute atomic E-state index is 0.108. The number of rotatable bonds is 14. The first kappa shape index (κ1) is 29.2. The molecule has 1 saturated heterocycles. The van der Waals surface area contributed by atoms with Crippen molar-refractivity contribution in [3.05, 3.63) is 47.5 Å². The highest BCUT2D eigenvalue weighted by atomic mass is 16.7. The summed E-state index contributed by atoms with van der Waals surface area (Å²) in [4.78, 5) is 53.3. The number of ether oxygens (including phenoxy) is 3. The van der Waals surface area contributed by atoms with Gasteiger partial charge in [0.15, 0.2) is 11.5 Å². The molecule has 2 aromatic rings. The topological polar surface area (TPSA) is 147 Å². The maximum absolute atomic E-state index is 13.9. The van der Waals surface area contributed by atoms with Crippen molar-refractivity contribution in [2.45, 2.75) is 63.7 Å². The van der Waals surface area contributed by atoms with Gasteiger partial charge >= 0.3 is 12.0 Å². The smallest absolute Gasteiger partial charge is 0.328 e. The standard InChI is InChI=1S/C30H36N4O8/c1-30(2)28(38)34(29(39)33(30)15-19-6-8-22(32-16-35)25(11-19)40-3)21(10-18-4-5-18)14-31-23(13-27(36)37)20-7-9-24-26(12-20)42-17-41-24/h6-9,11-12,16,18,21,23,31H,4-5,10,13-15,17H2,1-3H3,(H,32,35)(H,36,37). The van der Waals surface area contributed by atoms with Gasteiger partial charge in [-0.2, -0.15) is 0 Å². The molecule has 12 heteroatoms. The number of benzene rings is 2. The van der Waals surface area contributed by atoms with Gasteiger partial charge in [-0.3, -0.25) is 19.3 Å². The summed E-state index contributed by atoms with van der Waals surface area (Å²) in [5, 5.41) is 15.6. The average Bonchev–Trinajstić information content (AvgIpc) is 3.62. The van der Waals surface area contributed by atoms with Crippen molar-refractivity contribution in [2.75, 3.05) is 25.8 Å². The molecule has 2 fully saturated rings. The number of anilines is 1. The Balaban J connectivity index is 1.36. The van der Waals surface area contributed by atoms with Gasteiger partial charge in [-0.15, -0.1) is 0 Å². The predicted molar refractivity (Wildman–Crippen MR) is 151 cm³/mol. The molecule has 5 rings (SSSR count). The molecule has 0 aromatic heterocycles. The van der Waals surface area contributed by atoms with Crippen LogP contribution in [0.3, 0.4) is 0 Å². The van der Waals surface area contributed by atoms with Crippen LogP contribution in [0.1, 0.15) is 56.7 Å². The molecular formula is C30H36N4O8. The fraction of sp³-hybridized carbons (Fsp3) is 0.467. The lowest BCUT2D eigenvalue weighted by Crippen LogP contribution is -2.48. The number of imide groups is 1. The molecule has 2 unspecified atom stereocenters. The number of methoxy groups -OCH3 is 1. The molecule has 2 atom stereocenters. The van der Waals surface area contributed by atoms with Gasteiger partial charge in [0.2, 0.25) is 13.2 Å². The monoisotopic (exact) mass is 580 g/mol. The lowest BCUT2D eigenvalue weighted by molar-refractivity contribution is -0.138. The number of carbonyl (C=O) groups is 4. The predicted octanol–water partition coefficient (Wildman–Crippen LogP) is 3.51. The highest BCUT2D eigenvalue weighted by Crippen LogP contribution is 2.39. The molecule has 3 N–H and O–H groups in total. The molecule has 1 aliphatic carbocycles. The van der Waals surface area contributed by atoms with Crippen molar-refractivity contribution in [3.8, 4) is 17.2 Å². The number of nitrogens with one attached hydrogen (secondary N) is 2. The number of aliphatic carboxylic acids is 1. The highest BCUT2D eigenvalue weighted by molar-refractivity contribution is 6.06. The summed E-state index contributed by atoms with van der Waals surface area (Å²) in [5.41, 5.74) is 0.841. The van der Waals surface area contributed by atoms with Crippen LogP contribution in [0.5, 0.6) is 17.2 Å². The Bertz CT molecular complexity index is 1380. The summed E-state index contributed by atoms with van der Waals surface area (Å²) in [6, 6.07) is 9.08. The maximum Gasteiger partial charge on any atom is 0.328 e. The Kier molecular flexibility index (Phi) is 8.26. The molecule has 0 bridgehead atoms. The molecule has 12 nitrogen and oxygen atoms in total. The molecule has 0 spiro atoms. The summed E-state index contributed by atoms with van der Waals surface area (Å²) < 4.78 is 16.3. The highest BCUT2D eigenvalue weighted by Gasteiger charge is 2.53. The SMILES string of the molecule is COc1cc(CN2C(=O)N(C(CNC(CC(=O)O)c3ccc4c(c3)OCO4)CC3CC3)C(=O)C2(C)C)ccc1NC=O. The van der Waals surface area contributed by atoms with E-state index in [1.54, 1.807) is 55.1 Å². The first-order valence-corrected chi connectivity index (χ1v) is 14.0. The minimum Gasteiger partial charge on any atom is -0.495 e. The molecule has 2 aromatic carbocycles. The Morgan fingerprint density at radius 1 is 1.17 bits per heavy atom. The number of hydrogen-bond acceptors (Lipinski definition) is 8. The molecule has 0 radical (unpaired) electrons. The van der Waals surface area contributed by atoms with Crippen LogP contribution in [0.4, 0.5) is 10.5 Å². The molecule has 4 amide bonds. The molecule has 1 saturated carbocycles. The number of urea groups is 1. The van der Waals surface area contributed by atoms with Crippen LogP contribution in [0.2, 0.25) is 0 Å². The van der Waals surface area contributed by atoms with Gasteiger partial charge in [-0.05, 0) is 61.6 Å². The first-order chi connectivity index (χ1) is 20.1. The van der Waals surface area contributed by atoms with E-state index in [9.17, 15) is 24.3 Å². The van der Waals surface area contributed by atoms with Gasteiger partial charge in [0.05, 0.1) is 25.3 Å². The zero-order chi connectivity index (χ0) is 30.0. The van der Waals surface area contributed by atoms with Gasteiger partial charge in [-0.25, -0.2) is 4.79 Å². The largest absolute Gasteiger partial charge is 0.495 e. The van der Waals surface area contributed by atoms with E-state index in [-0.39, 0.29) is 32.2 Å². The Morgan fingerprint density at radius 3 is 2.62 bits per heavy atom. The van der Waals surface area contributed by atoms with Crippen molar-refractivity contribution in [1.82, 2.24) is 15.1 Å². The fourth-order valence-electron chi connectivity index (χ4n) is 5.56. The van der Waals surface area contributed by atoms with Gasteiger partial charge in [-0.1, -0.05) is 25.0 Å². The van der Waals surface area contributed by atoms with Crippen LogP contribution in [-0.2, 0) is 20.9 Å².